The van der Waals surface area contributed by atoms with E-state index in [1.165, 1.54) is 0 Å². The molecule has 136 valence electrons. The lowest BCUT2D eigenvalue weighted by Gasteiger charge is -2.39. The Bertz CT molecular complexity index is 532. The van der Waals surface area contributed by atoms with E-state index in [4.69, 9.17) is 4.74 Å². The van der Waals surface area contributed by atoms with Gasteiger partial charge in [0.05, 0.1) is 23.5 Å². The third-order valence-electron chi connectivity index (χ3n) is 7.17. The summed E-state index contributed by atoms with van der Waals surface area (Å²) in [5.41, 5.74) is -1.33. The highest BCUT2D eigenvalue weighted by Crippen LogP contribution is 2.72. The van der Waals surface area contributed by atoms with E-state index in [9.17, 15) is 9.59 Å². The van der Waals surface area contributed by atoms with E-state index in [1.807, 2.05) is 6.92 Å². The minimum Gasteiger partial charge on any atom is -0.379 e. The second kappa shape index (κ2) is 6.36. The molecule has 1 heterocycles. The van der Waals surface area contributed by atoms with Gasteiger partial charge in [-0.2, -0.15) is 0 Å². The zero-order valence-electron chi connectivity index (χ0n) is 15.0. The van der Waals surface area contributed by atoms with Crippen molar-refractivity contribution < 1.29 is 14.3 Å². The minimum atomic E-state index is -0.613. The second-order valence-electron chi connectivity index (χ2n) is 8.22. The molecule has 0 radical (unpaired) electrons. The van der Waals surface area contributed by atoms with Crippen LogP contribution in [0.2, 0.25) is 0 Å². The molecule has 2 saturated carbocycles. The van der Waals surface area contributed by atoms with Crippen LogP contribution in [0.15, 0.2) is 0 Å². The zero-order valence-corrected chi connectivity index (χ0v) is 16.6. The molecule has 3 aliphatic rings. The molecule has 0 aromatic carbocycles. The first kappa shape index (κ1) is 18.3. The first-order valence-electron chi connectivity index (χ1n) is 9.04. The van der Waals surface area contributed by atoms with Crippen molar-refractivity contribution in [1.82, 2.24) is 10.2 Å². The Morgan fingerprint density at radius 3 is 2.54 bits per heavy atom. The number of hydrogen-bond donors (Lipinski definition) is 1. The summed E-state index contributed by atoms with van der Waals surface area (Å²) in [6, 6.07) is 0. The van der Waals surface area contributed by atoms with E-state index in [0.29, 0.717) is 6.54 Å². The molecule has 3 rings (SSSR count). The highest BCUT2D eigenvalue weighted by Gasteiger charge is 2.76. The molecule has 0 aromatic rings. The summed E-state index contributed by atoms with van der Waals surface area (Å²) in [6.07, 6.45) is 2.52. The maximum absolute atomic E-state index is 13.1. The van der Waals surface area contributed by atoms with Crippen molar-refractivity contribution in [2.75, 3.05) is 39.4 Å². The molecule has 1 amide bonds. The van der Waals surface area contributed by atoms with Gasteiger partial charge in [0, 0.05) is 25.0 Å². The van der Waals surface area contributed by atoms with Gasteiger partial charge in [-0.25, -0.2) is 0 Å². The minimum absolute atomic E-state index is 0.0472. The first-order chi connectivity index (χ1) is 11.3. The number of Topliss-reactive ketones (excluding diaryl/α,β-unsaturated/α-hetero) is 1. The standard InChI is InChI=1S/C18H29BrN2O3/c1-16(2)17(3)5-6-18(16,13(19)14(17)22)15(23)20-7-4-8-21-9-11-24-12-10-21/h13H,4-12H2,1-3H3,(H,20,23)/t13-,17+,18-/m0/s1. The number of alkyl halides is 1. The molecule has 24 heavy (non-hydrogen) atoms. The van der Waals surface area contributed by atoms with Crippen molar-refractivity contribution in [3.8, 4) is 0 Å². The lowest BCUT2D eigenvalue weighted by Crippen LogP contribution is -2.51. The molecule has 1 N–H and O–H groups in total. The summed E-state index contributed by atoms with van der Waals surface area (Å²) in [5, 5.41) is 3.13. The Labute approximate surface area is 153 Å². The van der Waals surface area contributed by atoms with Gasteiger partial charge in [0.1, 0.15) is 0 Å². The van der Waals surface area contributed by atoms with Crippen LogP contribution in [0, 0.1) is 16.2 Å². The largest absolute Gasteiger partial charge is 0.379 e. The van der Waals surface area contributed by atoms with E-state index >= 15 is 0 Å². The number of ether oxygens (including phenoxy) is 1. The molecule has 6 heteroatoms. The SMILES string of the molecule is CC1(C)[C@]2(C)CC[C@@]1(C(=O)NCCCN1CCOCC1)[C@@H](Br)C2=O. The molecule has 3 atom stereocenters. The smallest absolute Gasteiger partial charge is 0.228 e. The third kappa shape index (κ3) is 2.40. The lowest BCUT2D eigenvalue weighted by atomic mass is 9.64. The van der Waals surface area contributed by atoms with Gasteiger partial charge >= 0.3 is 0 Å². The quantitative estimate of drug-likeness (QED) is 0.566. The molecule has 0 aromatic heterocycles. The molecule has 0 unspecified atom stereocenters. The fourth-order valence-electron chi connectivity index (χ4n) is 4.94. The van der Waals surface area contributed by atoms with Gasteiger partial charge in [0.15, 0.2) is 5.78 Å². The van der Waals surface area contributed by atoms with Crippen LogP contribution in [0.3, 0.4) is 0 Å². The Hall–Kier alpha value is -0.460. The Morgan fingerprint density at radius 1 is 1.29 bits per heavy atom. The Balaban J connectivity index is 1.59. The van der Waals surface area contributed by atoms with Crippen LogP contribution >= 0.6 is 15.9 Å². The molecule has 5 nitrogen and oxygen atoms in total. The molecule has 3 fully saturated rings. The van der Waals surface area contributed by atoms with Gasteiger partial charge in [-0.05, 0) is 31.2 Å². The number of hydrogen-bond acceptors (Lipinski definition) is 4. The van der Waals surface area contributed by atoms with Crippen molar-refractivity contribution >= 4 is 27.6 Å². The molecular weight excluding hydrogens is 372 g/mol. The topological polar surface area (TPSA) is 58.6 Å². The number of nitrogens with one attached hydrogen (secondary N) is 1. The normalized spacial score (nSPS) is 38.5. The third-order valence-corrected chi connectivity index (χ3v) is 8.36. The maximum Gasteiger partial charge on any atom is 0.228 e. The van der Waals surface area contributed by atoms with E-state index in [1.54, 1.807) is 0 Å². The second-order valence-corrected chi connectivity index (χ2v) is 9.13. The van der Waals surface area contributed by atoms with Crippen molar-refractivity contribution in [3.63, 3.8) is 0 Å². The number of carbonyl (C=O) groups excluding carboxylic acids is 2. The van der Waals surface area contributed by atoms with Crippen LogP contribution in [0.5, 0.6) is 0 Å². The molecular formula is C18H29BrN2O3. The van der Waals surface area contributed by atoms with Crippen LogP contribution in [0.1, 0.15) is 40.0 Å². The van der Waals surface area contributed by atoms with Crippen molar-refractivity contribution in [1.29, 1.82) is 0 Å². The van der Waals surface area contributed by atoms with Gasteiger partial charge in [-0.15, -0.1) is 0 Å². The Kier molecular flexibility index (Phi) is 4.86. The first-order valence-corrected chi connectivity index (χ1v) is 9.96. The van der Waals surface area contributed by atoms with E-state index in [0.717, 1.165) is 52.1 Å². The van der Waals surface area contributed by atoms with Crippen molar-refractivity contribution in [2.45, 2.75) is 44.9 Å². The summed E-state index contributed by atoms with van der Waals surface area (Å²) in [6.45, 7) is 11.4. The fourth-order valence-corrected chi connectivity index (χ4v) is 6.46. The summed E-state index contributed by atoms with van der Waals surface area (Å²) in [4.78, 5) is 27.8. The van der Waals surface area contributed by atoms with Crippen LogP contribution in [0.25, 0.3) is 0 Å². The van der Waals surface area contributed by atoms with E-state index < -0.39 is 10.8 Å². The van der Waals surface area contributed by atoms with Crippen molar-refractivity contribution in [3.05, 3.63) is 0 Å². The number of halogens is 1. The monoisotopic (exact) mass is 400 g/mol. The van der Waals surface area contributed by atoms with Crippen LogP contribution < -0.4 is 5.32 Å². The summed E-state index contributed by atoms with van der Waals surface area (Å²) < 4.78 is 5.35. The van der Waals surface area contributed by atoms with Gasteiger partial charge in [0.25, 0.3) is 0 Å². The molecule has 1 saturated heterocycles. The Morgan fingerprint density at radius 2 is 1.96 bits per heavy atom. The van der Waals surface area contributed by atoms with Crippen LogP contribution in [0.4, 0.5) is 0 Å². The number of carbonyl (C=O) groups is 2. The van der Waals surface area contributed by atoms with Gasteiger partial charge < -0.3 is 10.1 Å². The van der Waals surface area contributed by atoms with Gasteiger partial charge in [0.2, 0.25) is 5.91 Å². The van der Waals surface area contributed by atoms with E-state index in [-0.39, 0.29) is 21.9 Å². The van der Waals surface area contributed by atoms with Crippen molar-refractivity contribution in [2.24, 2.45) is 16.2 Å². The summed E-state index contributed by atoms with van der Waals surface area (Å²) >= 11 is 3.57. The average molecular weight is 401 g/mol. The van der Waals surface area contributed by atoms with Gasteiger partial charge in [-0.3, -0.25) is 14.5 Å². The molecule has 2 bridgehead atoms. The van der Waals surface area contributed by atoms with Crippen LogP contribution in [-0.2, 0) is 14.3 Å². The number of ketones is 1. The lowest BCUT2D eigenvalue weighted by molar-refractivity contribution is -0.135. The molecule has 0 spiro atoms. The highest BCUT2D eigenvalue weighted by atomic mass is 79.9. The maximum atomic E-state index is 13.1. The molecule has 2 aliphatic carbocycles. The molecule has 1 aliphatic heterocycles. The summed E-state index contributed by atoms with van der Waals surface area (Å²) in [5.74, 6) is 0.244. The predicted molar refractivity (Wildman–Crippen MR) is 96.2 cm³/mol. The van der Waals surface area contributed by atoms with Crippen LogP contribution in [-0.4, -0.2) is 60.8 Å². The number of fused-ring (bicyclic) bond motifs is 2. The summed E-state index contributed by atoms with van der Waals surface area (Å²) in [7, 11) is 0. The highest BCUT2D eigenvalue weighted by molar-refractivity contribution is 9.10. The predicted octanol–water partition coefficient (Wildman–Crippen LogP) is 1.98. The van der Waals surface area contributed by atoms with E-state index in [2.05, 4.69) is 40.0 Å². The number of morpholine rings is 1. The number of amides is 1. The number of nitrogens with zero attached hydrogens (tertiary/aromatic N) is 1. The average Bonchev–Trinajstić information content (AvgIpc) is 2.84. The van der Waals surface area contributed by atoms with Gasteiger partial charge in [-0.1, -0.05) is 36.7 Å². The number of rotatable bonds is 5. The fraction of sp³-hybridized carbons (Fsp3) is 0.889. The zero-order chi connectivity index (χ0) is 17.6.